The number of hydrogen-bond acceptors (Lipinski definition) is 3. The van der Waals surface area contributed by atoms with Gasteiger partial charge in [0.2, 0.25) is 0 Å². The summed E-state index contributed by atoms with van der Waals surface area (Å²) in [7, 11) is 0. The number of alkyl halides is 3. The van der Waals surface area contributed by atoms with Crippen molar-refractivity contribution in [1.82, 2.24) is 4.98 Å². The van der Waals surface area contributed by atoms with Gasteiger partial charge in [0.25, 0.3) is 5.56 Å². The van der Waals surface area contributed by atoms with Gasteiger partial charge in [0, 0.05) is 5.69 Å². The fraction of sp³-hybridized carbons (Fsp3) is 0.316. The molecule has 0 saturated heterocycles. The first-order chi connectivity index (χ1) is 12.3. The van der Waals surface area contributed by atoms with Crippen LogP contribution in [0, 0.1) is 22.7 Å². The van der Waals surface area contributed by atoms with Crippen molar-refractivity contribution >= 4 is 6.21 Å². The highest BCUT2D eigenvalue weighted by Crippen LogP contribution is 2.32. The number of benzene rings is 1. The fourth-order valence-electron chi connectivity index (χ4n) is 2.19. The molecule has 1 aromatic carbocycles. The zero-order valence-corrected chi connectivity index (χ0v) is 14.5. The van der Waals surface area contributed by atoms with E-state index in [1.54, 1.807) is 30.3 Å². The molecule has 138 valence electrons. The van der Waals surface area contributed by atoms with Crippen LogP contribution in [0.2, 0.25) is 0 Å². The first-order valence-electron chi connectivity index (χ1n) is 8.09. The van der Waals surface area contributed by atoms with Gasteiger partial charge in [0.15, 0.2) is 0 Å². The molecule has 26 heavy (non-hydrogen) atoms. The average molecular weight is 363 g/mol. The van der Waals surface area contributed by atoms with E-state index in [0.29, 0.717) is 11.5 Å². The summed E-state index contributed by atoms with van der Waals surface area (Å²) in [6.45, 7) is 4.22. The van der Waals surface area contributed by atoms with E-state index in [1.165, 1.54) is 12.3 Å². The van der Waals surface area contributed by atoms with Crippen molar-refractivity contribution in [1.29, 1.82) is 10.7 Å². The summed E-state index contributed by atoms with van der Waals surface area (Å²) in [6, 6.07) is 10.2. The molecule has 1 aromatic heterocycles. The molecule has 2 N–H and O–H groups in total. The third-order valence-electron chi connectivity index (χ3n) is 3.82. The van der Waals surface area contributed by atoms with Gasteiger partial charge in [-0.2, -0.15) is 18.4 Å². The van der Waals surface area contributed by atoms with E-state index in [4.69, 9.17) is 10.7 Å². The number of nitrogens with zero attached hydrogens (tertiary/aromatic N) is 1. The van der Waals surface area contributed by atoms with Crippen LogP contribution in [0.4, 0.5) is 13.2 Å². The van der Waals surface area contributed by atoms with E-state index in [1.807, 2.05) is 0 Å². The second-order valence-corrected chi connectivity index (χ2v) is 5.52. The summed E-state index contributed by atoms with van der Waals surface area (Å²) in [5.74, 6) is 0.528. The Morgan fingerprint density at radius 3 is 2.19 bits per heavy atom. The van der Waals surface area contributed by atoms with E-state index < -0.39 is 22.9 Å². The number of aromatic amines is 1. The molecule has 0 aliphatic carbocycles. The van der Waals surface area contributed by atoms with Gasteiger partial charge in [0.1, 0.15) is 11.6 Å². The Labute approximate surface area is 149 Å². The van der Waals surface area contributed by atoms with Crippen LogP contribution in [-0.2, 0) is 6.18 Å². The predicted octanol–water partition coefficient (Wildman–Crippen LogP) is 5.00. The maximum absolute atomic E-state index is 12.8. The minimum Gasteiger partial charge on any atom is -0.321 e. The van der Waals surface area contributed by atoms with Crippen molar-refractivity contribution in [3.8, 4) is 17.3 Å². The van der Waals surface area contributed by atoms with Crippen LogP contribution >= 0.6 is 0 Å². The number of H-pyrrole nitrogens is 1. The standard InChI is InChI=1S/C13H7F3N2O.C6H13N/c14-13(15,16)10-6-11(8-4-2-1-3-5-8)18-12(19)9(10)7-17;1-3-6(4-2)5-7/h1-6H,(H,18,19);5-7H,3-4H2,1-2H3. The molecule has 7 heteroatoms. The molecule has 0 saturated carbocycles. The number of halogens is 3. The highest BCUT2D eigenvalue weighted by Gasteiger charge is 2.35. The highest BCUT2D eigenvalue weighted by atomic mass is 19.4. The van der Waals surface area contributed by atoms with E-state index in [0.717, 1.165) is 18.9 Å². The van der Waals surface area contributed by atoms with Gasteiger partial charge >= 0.3 is 6.18 Å². The molecule has 0 fully saturated rings. The third-order valence-corrected chi connectivity index (χ3v) is 3.82. The lowest BCUT2D eigenvalue weighted by molar-refractivity contribution is -0.137. The van der Waals surface area contributed by atoms with Crippen molar-refractivity contribution in [2.75, 3.05) is 0 Å². The fourth-order valence-corrected chi connectivity index (χ4v) is 2.19. The largest absolute Gasteiger partial charge is 0.417 e. The van der Waals surface area contributed by atoms with Crippen LogP contribution in [0.25, 0.3) is 11.3 Å². The van der Waals surface area contributed by atoms with Crippen LogP contribution in [0.5, 0.6) is 0 Å². The smallest absolute Gasteiger partial charge is 0.321 e. The van der Waals surface area contributed by atoms with Crippen molar-refractivity contribution in [2.24, 2.45) is 5.92 Å². The average Bonchev–Trinajstić information content (AvgIpc) is 2.63. The number of hydrogen-bond donors (Lipinski definition) is 2. The highest BCUT2D eigenvalue weighted by molar-refractivity contribution is 5.61. The van der Waals surface area contributed by atoms with Crippen molar-refractivity contribution < 1.29 is 13.2 Å². The van der Waals surface area contributed by atoms with Crippen molar-refractivity contribution in [3.63, 3.8) is 0 Å². The molecule has 0 spiro atoms. The number of rotatable bonds is 4. The lowest BCUT2D eigenvalue weighted by atomic mass is 10.1. The maximum atomic E-state index is 12.8. The molecule has 2 aromatic rings. The Hall–Kier alpha value is -2.88. The lowest BCUT2D eigenvalue weighted by Gasteiger charge is -2.10. The summed E-state index contributed by atoms with van der Waals surface area (Å²) in [5.41, 5.74) is -2.73. The maximum Gasteiger partial charge on any atom is 0.417 e. The van der Waals surface area contributed by atoms with Gasteiger partial charge in [-0.3, -0.25) is 4.79 Å². The SMILES string of the molecule is CCC(C=N)CC.N#Cc1c(C(F)(F)F)cc(-c2ccccc2)[nH]c1=O. The summed E-state index contributed by atoms with van der Waals surface area (Å²) in [4.78, 5) is 13.8. The molecular formula is C19H20F3N3O. The lowest BCUT2D eigenvalue weighted by Crippen LogP contribution is -2.19. The molecular weight excluding hydrogens is 343 g/mol. The van der Waals surface area contributed by atoms with Gasteiger partial charge in [-0.15, -0.1) is 0 Å². The van der Waals surface area contributed by atoms with E-state index in [2.05, 4.69) is 18.8 Å². The van der Waals surface area contributed by atoms with Crippen LogP contribution in [0.3, 0.4) is 0 Å². The van der Waals surface area contributed by atoms with Gasteiger partial charge in [-0.1, -0.05) is 44.2 Å². The molecule has 2 rings (SSSR count). The number of nitriles is 1. The molecule has 0 unspecified atom stereocenters. The van der Waals surface area contributed by atoms with Crippen molar-refractivity contribution in [2.45, 2.75) is 32.9 Å². The molecule has 0 amide bonds. The first kappa shape index (κ1) is 21.2. The molecule has 0 atom stereocenters. The molecule has 0 aliphatic rings. The Morgan fingerprint density at radius 2 is 1.81 bits per heavy atom. The number of nitrogens with one attached hydrogen (secondary N) is 2. The zero-order valence-electron chi connectivity index (χ0n) is 14.5. The third kappa shape index (κ3) is 5.59. The summed E-state index contributed by atoms with van der Waals surface area (Å²) in [5, 5.41) is 15.5. The Kier molecular flexibility index (Phi) is 7.78. The number of pyridine rings is 1. The second-order valence-electron chi connectivity index (χ2n) is 5.52. The number of aromatic nitrogens is 1. The van der Waals surface area contributed by atoms with Crippen LogP contribution in [-0.4, -0.2) is 11.2 Å². The van der Waals surface area contributed by atoms with Gasteiger partial charge in [0.05, 0.1) is 5.56 Å². The molecule has 0 bridgehead atoms. The Morgan fingerprint density at radius 1 is 1.23 bits per heavy atom. The minimum atomic E-state index is -4.75. The second kappa shape index (κ2) is 9.56. The summed E-state index contributed by atoms with van der Waals surface area (Å²) in [6.07, 6.45) is -0.997. The Bertz CT molecular complexity index is 817. The van der Waals surface area contributed by atoms with Crippen LogP contribution in [0.1, 0.15) is 37.8 Å². The van der Waals surface area contributed by atoms with Gasteiger partial charge < -0.3 is 10.4 Å². The van der Waals surface area contributed by atoms with Gasteiger partial charge in [-0.05, 0) is 36.6 Å². The monoisotopic (exact) mass is 363 g/mol. The van der Waals surface area contributed by atoms with Crippen LogP contribution < -0.4 is 5.56 Å². The Balaban J connectivity index is 0.000000412. The predicted molar refractivity (Wildman–Crippen MR) is 95.1 cm³/mol. The summed E-state index contributed by atoms with van der Waals surface area (Å²) < 4.78 is 38.4. The zero-order chi connectivity index (χ0) is 19.7. The van der Waals surface area contributed by atoms with E-state index in [9.17, 15) is 18.0 Å². The topological polar surface area (TPSA) is 80.5 Å². The molecule has 0 radical (unpaired) electrons. The molecule has 4 nitrogen and oxygen atoms in total. The van der Waals surface area contributed by atoms with Crippen LogP contribution in [0.15, 0.2) is 41.2 Å². The van der Waals surface area contributed by atoms with E-state index in [-0.39, 0.29) is 5.69 Å². The summed E-state index contributed by atoms with van der Waals surface area (Å²) >= 11 is 0. The van der Waals surface area contributed by atoms with Crippen molar-refractivity contribution in [3.05, 3.63) is 57.9 Å². The van der Waals surface area contributed by atoms with E-state index >= 15 is 0 Å². The first-order valence-corrected chi connectivity index (χ1v) is 8.09. The molecule has 1 heterocycles. The quantitative estimate of drug-likeness (QED) is 0.749. The molecule has 0 aliphatic heterocycles. The van der Waals surface area contributed by atoms with Gasteiger partial charge in [-0.25, -0.2) is 0 Å². The normalized spacial score (nSPS) is 10.7. The minimum absolute atomic E-state index is 0.0249.